The molecule has 0 unspecified atom stereocenters. The first-order valence-corrected chi connectivity index (χ1v) is 9.49. The monoisotopic (exact) mass is 390 g/mol. The van der Waals surface area contributed by atoms with Crippen molar-refractivity contribution in [2.45, 2.75) is 57.5 Å². The Kier molecular flexibility index (Phi) is 7.25. The topological polar surface area (TPSA) is 107 Å². The highest BCUT2D eigenvalue weighted by Gasteiger charge is 2.64. The molecular formula is C20H26N2O6. The van der Waals surface area contributed by atoms with Gasteiger partial charge in [0.25, 0.3) is 0 Å². The smallest absolute Gasteiger partial charge is 0.385 e. The van der Waals surface area contributed by atoms with Crippen LogP contribution in [0.2, 0.25) is 0 Å². The molecule has 1 aliphatic heterocycles. The Labute approximate surface area is 164 Å². The molecular weight excluding hydrogens is 364 g/mol. The third-order valence-electron chi connectivity index (χ3n) is 5.28. The standard InChI is InChI=1S/C20H26N2O6/c1-3-4-5-9-12-20(22(26)27,19(25)28-2)16-13-17(23)21(18(16)24)14-15-10-7-6-8-11-15/h6-8,10-11,16H,3-5,9,12-14H2,1-2H3/t16-,20+/m1/s1. The van der Waals surface area contributed by atoms with Gasteiger partial charge in [-0.05, 0) is 12.0 Å². The summed E-state index contributed by atoms with van der Waals surface area (Å²) in [4.78, 5) is 50.2. The molecule has 8 heteroatoms. The summed E-state index contributed by atoms with van der Waals surface area (Å²) in [5.41, 5.74) is -1.50. The molecule has 28 heavy (non-hydrogen) atoms. The van der Waals surface area contributed by atoms with E-state index in [0.717, 1.165) is 30.4 Å². The van der Waals surface area contributed by atoms with Crippen LogP contribution in [0, 0.1) is 16.0 Å². The third-order valence-corrected chi connectivity index (χ3v) is 5.28. The third kappa shape index (κ3) is 4.21. The summed E-state index contributed by atoms with van der Waals surface area (Å²) in [6.07, 6.45) is 2.40. The summed E-state index contributed by atoms with van der Waals surface area (Å²) in [7, 11) is 1.07. The second-order valence-corrected chi connectivity index (χ2v) is 7.04. The molecule has 1 heterocycles. The number of ether oxygens (including phenoxy) is 1. The quantitative estimate of drug-likeness (QED) is 0.200. The molecule has 0 spiro atoms. The Balaban J connectivity index is 2.31. The molecule has 2 atom stereocenters. The van der Waals surface area contributed by atoms with Gasteiger partial charge >= 0.3 is 11.5 Å². The summed E-state index contributed by atoms with van der Waals surface area (Å²) in [5, 5.41) is 12.0. The minimum atomic E-state index is -2.24. The van der Waals surface area contributed by atoms with E-state index in [2.05, 4.69) is 0 Å². The van der Waals surface area contributed by atoms with Crippen molar-refractivity contribution in [3.8, 4) is 0 Å². The zero-order valence-corrected chi connectivity index (χ0v) is 16.3. The predicted molar refractivity (Wildman–Crippen MR) is 101 cm³/mol. The molecule has 0 N–H and O–H groups in total. The normalized spacial score (nSPS) is 18.8. The van der Waals surface area contributed by atoms with Gasteiger partial charge in [-0.3, -0.25) is 24.6 Å². The minimum absolute atomic E-state index is 0.0276. The van der Waals surface area contributed by atoms with Gasteiger partial charge in [-0.2, -0.15) is 0 Å². The Hall–Kier alpha value is -2.77. The van der Waals surface area contributed by atoms with E-state index in [9.17, 15) is 24.5 Å². The van der Waals surface area contributed by atoms with Crippen LogP contribution in [-0.2, 0) is 25.7 Å². The molecule has 2 rings (SSSR count). The van der Waals surface area contributed by atoms with Gasteiger partial charge < -0.3 is 4.74 Å². The van der Waals surface area contributed by atoms with E-state index in [1.165, 1.54) is 0 Å². The van der Waals surface area contributed by atoms with E-state index in [1.54, 1.807) is 24.3 Å². The van der Waals surface area contributed by atoms with E-state index in [-0.39, 0.29) is 19.4 Å². The fourth-order valence-corrected chi connectivity index (χ4v) is 3.70. The van der Waals surface area contributed by atoms with Crippen molar-refractivity contribution >= 4 is 17.8 Å². The van der Waals surface area contributed by atoms with Crippen LogP contribution in [0.1, 0.15) is 51.0 Å². The Morgan fingerprint density at radius 3 is 2.50 bits per heavy atom. The number of unbranched alkanes of at least 4 members (excludes halogenated alkanes) is 3. The Morgan fingerprint density at radius 1 is 1.25 bits per heavy atom. The summed E-state index contributed by atoms with van der Waals surface area (Å²) in [6.45, 7) is 2.03. The average Bonchev–Trinajstić information content (AvgIpc) is 2.96. The molecule has 0 bridgehead atoms. The van der Waals surface area contributed by atoms with Gasteiger partial charge in [0.05, 0.1) is 13.7 Å². The highest BCUT2D eigenvalue weighted by molar-refractivity contribution is 6.06. The van der Waals surface area contributed by atoms with Crippen LogP contribution in [0.5, 0.6) is 0 Å². The first-order chi connectivity index (χ1) is 13.4. The number of nitrogens with zero attached hydrogens (tertiary/aromatic N) is 2. The van der Waals surface area contributed by atoms with E-state index >= 15 is 0 Å². The van der Waals surface area contributed by atoms with Crippen molar-refractivity contribution in [3.05, 3.63) is 46.0 Å². The molecule has 1 aromatic rings. The highest BCUT2D eigenvalue weighted by atomic mass is 16.6. The van der Waals surface area contributed by atoms with Crippen LogP contribution < -0.4 is 0 Å². The number of nitro groups is 1. The lowest BCUT2D eigenvalue weighted by atomic mass is 9.78. The maximum atomic E-state index is 13.0. The molecule has 0 aromatic heterocycles. The van der Waals surface area contributed by atoms with Gasteiger partial charge in [-0.15, -0.1) is 0 Å². The molecule has 152 valence electrons. The molecule has 2 amide bonds. The predicted octanol–water partition coefficient (Wildman–Crippen LogP) is 2.72. The van der Waals surface area contributed by atoms with Crippen molar-refractivity contribution in [1.82, 2.24) is 4.90 Å². The van der Waals surface area contributed by atoms with Crippen molar-refractivity contribution in [3.63, 3.8) is 0 Å². The van der Waals surface area contributed by atoms with Crippen LogP contribution >= 0.6 is 0 Å². The molecule has 1 saturated heterocycles. The van der Waals surface area contributed by atoms with Crippen molar-refractivity contribution < 1.29 is 24.0 Å². The van der Waals surface area contributed by atoms with E-state index in [0.29, 0.717) is 12.8 Å². The summed E-state index contributed by atoms with van der Waals surface area (Å²) in [5.74, 6) is -3.62. The summed E-state index contributed by atoms with van der Waals surface area (Å²) < 4.78 is 4.72. The molecule has 1 aliphatic rings. The fourth-order valence-electron chi connectivity index (χ4n) is 3.70. The number of likely N-dealkylation sites (tertiary alicyclic amines) is 1. The number of amides is 2. The number of carbonyl (C=O) groups is 3. The van der Waals surface area contributed by atoms with Crippen molar-refractivity contribution in [2.24, 2.45) is 5.92 Å². The molecule has 0 radical (unpaired) electrons. The van der Waals surface area contributed by atoms with Crippen LogP contribution in [0.25, 0.3) is 0 Å². The van der Waals surface area contributed by atoms with Crippen LogP contribution in [0.3, 0.4) is 0 Å². The Bertz CT molecular complexity index is 735. The van der Waals surface area contributed by atoms with E-state index in [1.807, 2.05) is 13.0 Å². The lowest BCUT2D eigenvalue weighted by Gasteiger charge is -2.27. The lowest BCUT2D eigenvalue weighted by Crippen LogP contribution is -2.55. The number of benzene rings is 1. The van der Waals surface area contributed by atoms with Crippen LogP contribution in [0.4, 0.5) is 0 Å². The SMILES string of the molecule is CCCCCC[C@@](C(=O)OC)([C@@H]1CC(=O)N(Cc2ccccc2)C1=O)[N+](=O)[O-]. The number of rotatable bonds is 10. The first-order valence-electron chi connectivity index (χ1n) is 9.49. The fraction of sp³-hybridized carbons (Fsp3) is 0.550. The lowest BCUT2D eigenvalue weighted by molar-refractivity contribution is -0.563. The zero-order valence-electron chi connectivity index (χ0n) is 16.3. The molecule has 1 fully saturated rings. The first kappa shape index (κ1) is 21.5. The second-order valence-electron chi connectivity index (χ2n) is 7.04. The molecule has 8 nitrogen and oxygen atoms in total. The van der Waals surface area contributed by atoms with Crippen LogP contribution in [-0.4, -0.2) is 40.3 Å². The van der Waals surface area contributed by atoms with E-state index in [4.69, 9.17) is 4.74 Å². The molecule has 0 aliphatic carbocycles. The maximum Gasteiger partial charge on any atom is 0.385 e. The average molecular weight is 390 g/mol. The number of esters is 1. The maximum absolute atomic E-state index is 13.0. The number of methoxy groups -OCH3 is 1. The van der Waals surface area contributed by atoms with Gasteiger partial charge in [-0.25, -0.2) is 4.79 Å². The highest BCUT2D eigenvalue weighted by Crippen LogP contribution is 2.38. The molecule has 0 saturated carbocycles. The second kappa shape index (κ2) is 9.43. The molecule has 1 aromatic carbocycles. The van der Waals surface area contributed by atoms with Crippen molar-refractivity contribution in [2.75, 3.05) is 7.11 Å². The zero-order chi connectivity index (χ0) is 20.7. The largest absolute Gasteiger partial charge is 0.464 e. The number of imide groups is 1. The summed E-state index contributed by atoms with van der Waals surface area (Å²) in [6, 6.07) is 8.90. The van der Waals surface area contributed by atoms with Crippen molar-refractivity contribution in [1.29, 1.82) is 0 Å². The number of hydrogen-bond acceptors (Lipinski definition) is 6. The number of hydrogen-bond donors (Lipinski definition) is 0. The van der Waals surface area contributed by atoms with Gasteiger partial charge in [0.15, 0.2) is 0 Å². The summed E-state index contributed by atoms with van der Waals surface area (Å²) >= 11 is 0. The van der Waals surface area contributed by atoms with Gasteiger partial charge in [0.1, 0.15) is 5.92 Å². The van der Waals surface area contributed by atoms with Crippen LogP contribution in [0.15, 0.2) is 30.3 Å². The van der Waals surface area contributed by atoms with Gasteiger partial charge in [0.2, 0.25) is 11.8 Å². The van der Waals surface area contributed by atoms with E-state index < -0.39 is 34.2 Å². The van der Waals surface area contributed by atoms with Gasteiger partial charge in [-0.1, -0.05) is 56.5 Å². The Morgan fingerprint density at radius 2 is 1.93 bits per heavy atom. The van der Waals surface area contributed by atoms with Gasteiger partial charge in [0, 0.05) is 17.8 Å². The number of carbonyl (C=O) groups excluding carboxylic acids is 3. The minimum Gasteiger partial charge on any atom is -0.464 e.